The molecule has 0 amide bonds. The molecule has 0 aromatic heterocycles. The highest BCUT2D eigenvalue weighted by molar-refractivity contribution is 5.85. The minimum atomic E-state index is 0.247. The largest absolute Gasteiger partial charge is 0.443 e. The van der Waals surface area contributed by atoms with Gasteiger partial charge in [0, 0.05) is 11.5 Å². The highest BCUT2D eigenvalue weighted by Gasteiger charge is 2.18. The van der Waals surface area contributed by atoms with E-state index in [2.05, 4.69) is 18.0 Å². The lowest BCUT2D eigenvalue weighted by atomic mass is 10.0. The smallest absolute Gasteiger partial charge is 0.198 e. The first-order valence-corrected chi connectivity index (χ1v) is 7.16. The average Bonchev–Trinajstić information content (AvgIpc) is 2.68. The number of fused-ring (bicyclic) bond motifs is 1. The molecule has 1 aliphatic heterocycles. The predicted molar refractivity (Wildman–Crippen MR) is 83.5 cm³/mol. The maximum absolute atomic E-state index is 10.8. The number of rotatable bonds is 2. The van der Waals surface area contributed by atoms with Crippen LogP contribution in [0.2, 0.25) is 0 Å². The Balaban J connectivity index is 1.92. The van der Waals surface area contributed by atoms with Crippen LogP contribution in [0, 0.1) is 5.92 Å². The van der Waals surface area contributed by atoms with Gasteiger partial charge in [-0.2, -0.15) is 0 Å². The molecule has 1 atom stereocenters. The maximum Gasteiger partial charge on any atom is 0.198 e. The summed E-state index contributed by atoms with van der Waals surface area (Å²) in [6, 6.07) is 15.3. The highest BCUT2D eigenvalue weighted by atomic mass is 16.5. The Labute approximate surface area is 124 Å². The van der Waals surface area contributed by atoms with Crippen molar-refractivity contribution in [3.05, 3.63) is 59.7 Å². The van der Waals surface area contributed by atoms with Gasteiger partial charge >= 0.3 is 0 Å². The van der Waals surface area contributed by atoms with Crippen molar-refractivity contribution in [2.45, 2.75) is 19.8 Å². The first-order valence-electron chi connectivity index (χ1n) is 7.16. The van der Waals surface area contributed by atoms with E-state index < -0.39 is 0 Å². The van der Waals surface area contributed by atoms with E-state index >= 15 is 0 Å². The van der Waals surface area contributed by atoms with Crippen LogP contribution in [-0.2, 0) is 6.42 Å². The quantitative estimate of drug-likeness (QED) is 0.773. The normalized spacial score (nSPS) is 17.4. The molecular formula is C18H17NO2. The lowest BCUT2D eigenvalue weighted by Gasteiger charge is -2.13. The summed E-state index contributed by atoms with van der Waals surface area (Å²) in [6.07, 6.45) is 2.83. The zero-order chi connectivity index (χ0) is 14.7. The Bertz CT molecular complexity index is 691. The summed E-state index contributed by atoms with van der Waals surface area (Å²) in [5.41, 5.74) is 2.84. The van der Waals surface area contributed by atoms with Gasteiger partial charge in [0.1, 0.15) is 12.0 Å². The monoisotopic (exact) mass is 279 g/mol. The van der Waals surface area contributed by atoms with E-state index in [1.807, 2.05) is 30.3 Å². The number of carbonyl (C=O) groups excluding carboxylic acids is 1. The molecule has 21 heavy (non-hydrogen) atoms. The first-order chi connectivity index (χ1) is 10.3. The molecule has 1 aliphatic rings. The summed E-state index contributed by atoms with van der Waals surface area (Å²) < 4.78 is 5.94. The Kier molecular flexibility index (Phi) is 3.82. The molecule has 0 N–H and O–H groups in total. The fourth-order valence-corrected chi connectivity index (χ4v) is 2.45. The molecule has 0 bridgehead atoms. The molecule has 0 fully saturated rings. The van der Waals surface area contributed by atoms with Crippen molar-refractivity contribution in [3.63, 3.8) is 0 Å². The molecule has 3 rings (SSSR count). The summed E-state index contributed by atoms with van der Waals surface area (Å²) >= 11 is 0. The molecular weight excluding hydrogens is 262 g/mol. The van der Waals surface area contributed by atoms with Crippen LogP contribution in [-0.4, -0.2) is 12.2 Å². The summed E-state index contributed by atoms with van der Waals surface area (Å²) in [5, 5.41) is 0. The van der Waals surface area contributed by atoms with Crippen molar-refractivity contribution in [2.24, 2.45) is 10.9 Å². The summed E-state index contributed by atoms with van der Waals surface area (Å²) in [5.74, 6) is 1.62. The molecule has 0 saturated heterocycles. The molecule has 1 heterocycles. The van der Waals surface area contributed by atoms with E-state index in [4.69, 9.17) is 4.74 Å². The van der Waals surface area contributed by atoms with Gasteiger partial charge in [0.2, 0.25) is 0 Å². The Morgan fingerprint density at radius 3 is 2.90 bits per heavy atom. The molecule has 3 heteroatoms. The summed E-state index contributed by atoms with van der Waals surface area (Å²) in [7, 11) is 0. The number of ether oxygens (including phenoxy) is 1. The highest BCUT2D eigenvalue weighted by Crippen LogP contribution is 2.28. The number of aliphatic imine (C=N–C) groups is 1. The molecule has 2 aromatic carbocycles. The number of aryl methyl sites for hydroxylation is 1. The topological polar surface area (TPSA) is 38.7 Å². The standard InChI is InChI=1S/C18H17NO2/c1-13-9-10-15-6-2-3-8-17(15)19-18(13)21-16-7-4-5-14(11-16)12-20/h2-8,11-13H,9-10H2,1H3. The van der Waals surface area contributed by atoms with E-state index in [9.17, 15) is 4.79 Å². The third kappa shape index (κ3) is 3.02. The van der Waals surface area contributed by atoms with Gasteiger partial charge in [0.25, 0.3) is 0 Å². The van der Waals surface area contributed by atoms with Crippen LogP contribution in [0.1, 0.15) is 29.3 Å². The molecule has 0 radical (unpaired) electrons. The molecule has 0 spiro atoms. The van der Waals surface area contributed by atoms with E-state index in [0.29, 0.717) is 17.2 Å². The summed E-state index contributed by atoms with van der Waals surface area (Å²) in [6.45, 7) is 2.12. The maximum atomic E-state index is 10.8. The van der Waals surface area contributed by atoms with Crippen LogP contribution in [0.15, 0.2) is 53.5 Å². The van der Waals surface area contributed by atoms with Gasteiger partial charge < -0.3 is 4.74 Å². The van der Waals surface area contributed by atoms with Crippen LogP contribution in [0.3, 0.4) is 0 Å². The first kappa shape index (κ1) is 13.6. The molecule has 2 aromatic rings. The van der Waals surface area contributed by atoms with Gasteiger partial charge in [-0.1, -0.05) is 37.3 Å². The Morgan fingerprint density at radius 1 is 1.19 bits per heavy atom. The van der Waals surface area contributed by atoms with Crippen molar-refractivity contribution in [3.8, 4) is 5.75 Å². The van der Waals surface area contributed by atoms with Crippen LogP contribution in [0.5, 0.6) is 5.75 Å². The van der Waals surface area contributed by atoms with Crippen molar-refractivity contribution in [2.75, 3.05) is 0 Å². The molecule has 106 valence electrons. The van der Waals surface area contributed by atoms with Gasteiger partial charge in [-0.3, -0.25) is 4.79 Å². The lowest BCUT2D eigenvalue weighted by molar-refractivity contribution is 0.112. The van der Waals surface area contributed by atoms with Crippen molar-refractivity contribution >= 4 is 17.9 Å². The second kappa shape index (κ2) is 5.92. The van der Waals surface area contributed by atoms with Gasteiger partial charge in [0.05, 0.1) is 5.69 Å². The second-order valence-electron chi connectivity index (χ2n) is 5.31. The number of carbonyl (C=O) groups is 1. The van der Waals surface area contributed by atoms with E-state index in [-0.39, 0.29) is 5.92 Å². The van der Waals surface area contributed by atoms with Crippen molar-refractivity contribution in [1.29, 1.82) is 0 Å². The molecule has 3 nitrogen and oxygen atoms in total. The fourth-order valence-electron chi connectivity index (χ4n) is 2.45. The summed E-state index contributed by atoms with van der Waals surface area (Å²) in [4.78, 5) is 15.5. The van der Waals surface area contributed by atoms with Gasteiger partial charge in [-0.15, -0.1) is 0 Å². The third-order valence-corrected chi connectivity index (χ3v) is 3.71. The van der Waals surface area contributed by atoms with E-state index in [1.54, 1.807) is 12.1 Å². The lowest BCUT2D eigenvalue weighted by Crippen LogP contribution is -2.17. The second-order valence-corrected chi connectivity index (χ2v) is 5.31. The Morgan fingerprint density at radius 2 is 2.05 bits per heavy atom. The predicted octanol–water partition coefficient (Wildman–Crippen LogP) is 4.19. The number of para-hydroxylation sites is 1. The molecule has 1 unspecified atom stereocenters. The average molecular weight is 279 g/mol. The van der Waals surface area contributed by atoms with Gasteiger partial charge in [-0.25, -0.2) is 4.99 Å². The van der Waals surface area contributed by atoms with E-state index in [1.165, 1.54) is 5.56 Å². The number of aldehydes is 1. The van der Waals surface area contributed by atoms with Crippen LogP contribution in [0.25, 0.3) is 0 Å². The third-order valence-electron chi connectivity index (χ3n) is 3.71. The molecule has 0 aliphatic carbocycles. The van der Waals surface area contributed by atoms with Crippen LogP contribution < -0.4 is 4.74 Å². The number of nitrogens with zero attached hydrogens (tertiary/aromatic N) is 1. The van der Waals surface area contributed by atoms with Gasteiger partial charge in [0.15, 0.2) is 5.90 Å². The van der Waals surface area contributed by atoms with E-state index in [0.717, 1.165) is 24.8 Å². The fraction of sp³-hybridized carbons (Fsp3) is 0.222. The van der Waals surface area contributed by atoms with Crippen molar-refractivity contribution in [1.82, 2.24) is 0 Å². The Hall–Kier alpha value is -2.42. The zero-order valence-electron chi connectivity index (χ0n) is 12.0. The minimum Gasteiger partial charge on any atom is -0.443 e. The van der Waals surface area contributed by atoms with Crippen molar-refractivity contribution < 1.29 is 9.53 Å². The van der Waals surface area contributed by atoms with Crippen LogP contribution in [0.4, 0.5) is 5.69 Å². The zero-order valence-corrected chi connectivity index (χ0v) is 12.0. The van der Waals surface area contributed by atoms with Gasteiger partial charge in [-0.05, 0) is 36.6 Å². The molecule has 0 saturated carbocycles. The number of benzene rings is 2. The minimum absolute atomic E-state index is 0.247. The SMILES string of the molecule is CC1CCc2ccccc2N=C1Oc1cccc(C=O)c1. The number of hydrogen-bond donors (Lipinski definition) is 0. The number of hydrogen-bond acceptors (Lipinski definition) is 3. The van der Waals surface area contributed by atoms with Crippen LogP contribution >= 0.6 is 0 Å².